The third kappa shape index (κ3) is 6.22. The van der Waals surface area contributed by atoms with Crippen molar-refractivity contribution < 1.29 is 14.5 Å². The number of aliphatic carboxylic acids is 1. The van der Waals surface area contributed by atoms with Gasteiger partial charge in [-0.25, -0.2) is 0 Å². The highest BCUT2D eigenvalue weighted by atomic mass is 32.1. The molecule has 0 unspecified atom stereocenters. The van der Waals surface area contributed by atoms with Crippen molar-refractivity contribution in [3.8, 4) is 0 Å². The van der Waals surface area contributed by atoms with Crippen molar-refractivity contribution >= 4 is 39.3 Å². The Labute approximate surface area is 225 Å². The average Bonchev–Trinajstić information content (AvgIpc) is 3.34. The molecule has 0 fully saturated rings. The molecule has 2 heterocycles. The summed E-state index contributed by atoms with van der Waals surface area (Å²) in [7, 11) is 0. The number of carboxylic acid groups (broad SMARTS) is 1. The van der Waals surface area contributed by atoms with E-state index < -0.39 is 5.97 Å². The number of allylic oxidation sites excluding steroid dienone is 5. The lowest BCUT2D eigenvalue weighted by Crippen LogP contribution is -2.35. The second-order valence-corrected chi connectivity index (χ2v) is 11.3. The number of carboxylic acids is 1. The maximum atomic E-state index is 10.8. The van der Waals surface area contributed by atoms with Crippen LogP contribution in [0.4, 0.5) is 5.69 Å². The van der Waals surface area contributed by atoms with Gasteiger partial charge in [0.2, 0.25) is 5.52 Å². The van der Waals surface area contributed by atoms with Gasteiger partial charge in [-0.1, -0.05) is 87.1 Å². The van der Waals surface area contributed by atoms with Gasteiger partial charge in [0.05, 0.1) is 0 Å². The summed E-state index contributed by atoms with van der Waals surface area (Å²) < 4.78 is 3.64. The van der Waals surface area contributed by atoms with Crippen molar-refractivity contribution in [3.63, 3.8) is 0 Å². The second kappa shape index (κ2) is 12.4. The fraction of sp³-hybridized carbons (Fsp3) is 0.375. The fourth-order valence-corrected chi connectivity index (χ4v) is 6.28. The number of benzene rings is 2. The maximum absolute atomic E-state index is 10.8. The molecule has 194 valence electrons. The zero-order valence-corrected chi connectivity index (χ0v) is 23.1. The topological polar surface area (TPSA) is 44.4 Å². The molecule has 0 atom stereocenters. The van der Waals surface area contributed by atoms with E-state index >= 15 is 0 Å². The summed E-state index contributed by atoms with van der Waals surface area (Å²) in [6.07, 6.45) is 16.1. The second-order valence-electron chi connectivity index (χ2n) is 10.2. The number of hydrogen-bond acceptors (Lipinski definition) is 3. The van der Waals surface area contributed by atoms with Gasteiger partial charge >= 0.3 is 5.97 Å². The third-order valence-corrected chi connectivity index (χ3v) is 8.29. The Bertz CT molecular complexity index is 1320. The molecule has 1 N–H and O–H groups in total. The standard InChI is InChI=1S/C32H38N2O2S/c1-4-5-23-33-26-17-12-11-16-25(26)32(2,3)29(33)20-8-6-9-21-30-34(24-15-7-10-22-31(35)36)27-18-13-14-19-28(27)37-30/h6,8-9,11-14,16-21H,4-5,7,10,15,22-24H2,1-3H3/p+1. The van der Waals surface area contributed by atoms with Gasteiger partial charge in [0.15, 0.2) is 6.54 Å². The van der Waals surface area contributed by atoms with Gasteiger partial charge in [-0.3, -0.25) is 4.79 Å². The molecule has 0 radical (unpaired) electrons. The first-order valence-electron chi connectivity index (χ1n) is 13.5. The van der Waals surface area contributed by atoms with Crippen LogP contribution in [0.15, 0.2) is 78.5 Å². The molecule has 0 saturated carbocycles. The lowest BCUT2D eigenvalue weighted by Gasteiger charge is -2.27. The monoisotopic (exact) mass is 515 g/mol. The zero-order valence-electron chi connectivity index (χ0n) is 22.3. The van der Waals surface area contributed by atoms with Crippen LogP contribution in [0.2, 0.25) is 0 Å². The van der Waals surface area contributed by atoms with Gasteiger partial charge in [-0.05, 0) is 43.0 Å². The van der Waals surface area contributed by atoms with E-state index in [1.54, 1.807) is 11.3 Å². The minimum absolute atomic E-state index is 0.0203. The molecule has 0 bridgehead atoms. The van der Waals surface area contributed by atoms with Gasteiger partial charge < -0.3 is 10.0 Å². The van der Waals surface area contributed by atoms with Crippen molar-refractivity contribution in [2.24, 2.45) is 0 Å². The highest BCUT2D eigenvalue weighted by molar-refractivity contribution is 7.18. The molecule has 0 spiro atoms. The van der Waals surface area contributed by atoms with E-state index in [1.807, 2.05) is 0 Å². The molecular formula is C32H39N2O2S+. The van der Waals surface area contributed by atoms with Gasteiger partial charge in [0.1, 0.15) is 4.70 Å². The van der Waals surface area contributed by atoms with E-state index in [0.717, 1.165) is 32.4 Å². The summed E-state index contributed by atoms with van der Waals surface area (Å²) in [5.41, 5.74) is 5.31. The van der Waals surface area contributed by atoms with Crippen LogP contribution in [0.25, 0.3) is 16.3 Å². The van der Waals surface area contributed by atoms with Crippen LogP contribution in [0.1, 0.15) is 69.9 Å². The summed E-state index contributed by atoms with van der Waals surface area (Å²) in [5.74, 6) is -0.711. The number of rotatable bonds is 12. The van der Waals surface area contributed by atoms with E-state index in [-0.39, 0.29) is 11.8 Å². The number of nitrogens with zero attached hydrogens (tertiary/aromatic N) is 2. The Morgan fingerprint density at radius 2 is 1.78 bits per heavy atom. The van der Waals surface area contributed by atoms with Crippen molar-refractivity contribution in [1.82, 2.24) is 0 Å². The Morgan fingerprint density at radius 1 is 1.00 bits per heavy atom. The summed E-state index contributed by atoms with van der Waals surface area (Å²) in [6, 6.07) is 17.3. The SMILES string of the molecule is CCCCN1C(=CC=CC=Cc2sc3ccccc3[n+]2CCCCCC(=O)O)C(C)(C)c2ccccc21. The first-order valence-corrected chi connectivity index (χ1v) is 14.3. The number of para-hydroxylation sites is 2. The highest BCUT2D eigenvalue weighted by Crippen LogP contribution is 2.47. The molecule has 0 aliphatic carbocycles. The van der Waals surface area contributed by atoms with E-state index in [2.05, 4.69) is 109 Å². The number of unbranched alkanes of at least 4 members (excludes halogenated alkanes) is 3. The van der Waals surface area contributed by atoms with E-state index in [1.165, 1.54) is 45.0 Å². The molecular weight excluding hydrogens is 476 g/mol. The van der Waals surface area contributed by atoms with Crippen molar-refractivity contribution in [2.75, 3.05) is 11.4 Å². The van der Waals surface area contributed by atoms with Crippen molar-refractivity contribution in [2.45, 2.75) is 71.3 Å². The Balaban J connectivity index is 1.51. The number of carbonyl (C=O) groups is 1. The van der Waals surface area contributed by atoms with Crippen molar-refractivity contribution in [1.29, 1.82) is 0 Å². The van der Waals surface area contributed by atoms with Crippen LogP contribution < -0.4 is 9.47 Å². The minimum atomic E-state index is -0.711. The number of aromatic nitrogens is 1. The molecule has 4 rings (SSSR count). The molecule has 4 nitrogen and oxygen atoms in total. The Morgan fingerprint density at radius 3 is 2.59 bits per heavy atom. The molecule has 5 heteroatoms. The van der Waals surface area contributed by atoms with Gasteiger partial charge in [0, 0.05) is 48.3 Å². The fourth-order valence-electron chi connectivity index (χ4n) is 5.18. The minimum Gasteiger partial charge on any atom is -0.481 e. The number of hydrogen-bond donors (Lipinski definition) is 1. The van der Waals surface area contributed by atoms with Crippen molar-refractivity contribution in [3.05, 3.63) is 89.1 Å². The highest BCUT2D eigenvalue weighted by Gasteiger charge is 2.39. The normalized spacial score (nSPS) is 16.0. The van der Waals surface area contributed by atoms with Crippen LogP contribution in [-0.2, 0) is 16.8 Å². The van der Waals surface area contributed by atoms with Crippen LogP contribution >= 0.6 is 11.3 Å². The molecule has 1 aromatic heterocycles. The molecule has 0 saturated heterocycles. The number of anilines is 1. The predicted octanol–water partition coefficient (Wildman–Crippen LogP) is 7.89. The number of thiazole rings is 1. The predicted molar refractivity (Wildman–Crippen MR) is 156 cm³/mol. The Hall–Kier alpha value is -3.18. The smallest absolute Gasteiger partial charge is 0.303 e. The summed E-state index contributed by atoms with van der Waals surface area (Å²) in [4.78, 5) is 13.3. The molecule has 2 aromatic carbocycles. The van der Waals surface area contributed by atoms with Crippen LogP contribution in [0, 0.1) is 0 Å². The largest absolute Gasteiger partial charge is 0.481 e. The zero-order chi connectivity index (χ0) is 26.3. The van der Waals surface area contributed by atoms with Crippen LogP contribution in [0.5, 0.6) is 0 Å². The lowest BCUT2D eigenvalue weighted by atomic mass is 9.84. The summed E-state index contributed by atoms with van der Waals surface area (Å²) in [5, 5.41) is 10.1. The molecule has 3 aromatic rings. The van der Waals surface area contributed by atoms with Gasteiger partial charge in [0.25, 0.3) is 5.01 Å². The molecule has 1 aliphatic rings. The Kier molecular flexibility index (Phi) is 8.99. The molecule has 1 aliphatic heterocycles. The van der Waals surface area contributed by atoms with E-state index in [4.69, 9.17) is 5.11 Å². The van der Waals surface area contributed by atoms with Gasteiger partial charge in [-0.15, -0.1) is 0 Å². The molecule has 37 heavy (non-hydrogen) atoms. The first kappa shape index (κ1) is 26.9. The maximum Gasteiger partial charge on any atom is 0.303 e. The van der Waals surface area contributed by atoms with E-state index in [9.17, 15) is 4.79 Å². The third-order valence-electron chi connectivity index (χ3n) is 7.16. The number of aryl methyl sites for hydroxylation is 1. The first-order chi connectivity index (χ1) is 17.9. The quantitative estimate of drug-likeness (QED) is 0.152. The van der Waals surface area contributed by atoms with Gasteiger partial charge in [-0.2, -0.15) is 4.57 Å². The number of fused-ring (bicyclic) bond motifs is 2. The van der Waals surface area contributed by atoms with Crippen LogP contribution in [0.3, 0.4) is 0 Å². The lowest BCUT2D eigenvalue weighted by molar-refractivity contribution is -0.669. The van der Waals surface area contributed by atoms with Crippen LogP contribution in [-0.4, -0.2) is 17.6 Å². The summed E-state index contributed by atoms with van der Waals surface area (Å²) in [6.45, 7) is 8.84. The average molecular weight is 516 g/mol. The molecule has 0 amide bonds. The van der Waals surface area contributed by atoms with E-state index in [0.29, 0.717) is 0 Å². The summed E-state index contributed by atoms with van der Waals surface area (Å²) >= 11 is 1.80.